The Kier molecular flexibility index (Phi) is 1.65. The molecule has 0 spiro atoms. The molecule has 13 heavy (non-hydrogen) atoms. The Morgan fingerprint density at radius 1 is 1.46 bits per heavy atom. The van der Waals surface area contributed by atoms with Crippen molar-refractivity contribution in [2.45, 2.75) is 6.54 Å². The van der Waals surface area contributed by atoms with Crippen LogP contribution in [-0.2, 0) is 13.6 Å². The lowest BCUT2D eigenvalue weighted by molar-refractivity contribution is 0.611. The monoisotopic (exact) mass is 180 g/mol. The van der Waals surface area contributed by atoms with Crippen LogP contribution in [-0.4, -0.2) is 35.0 Å². The van der Waals surface area contributed by atoms with Gasteiger partial charge in [-0.05, 0) is 10.4 Å². The quantitative estimate of drug-likeness (QED) is 0.599. The van der Waals surface area contributed by atoms with Crippen molar-refractivity contribution >= 4 is 5.95 Å². The maximum atomic E-state index is 5.48. The van der Waals surface area contributed by atoms with E-state index in [1.807, 2.05) is 7.05 Å². The van der Waals surface area contributed by atoms with Crippen LogP contribution in [0.15, 0.2) is 6.33 Å². The molecule has 0 aliphatic carbocycles. The van der Waals surface area contributed by atoms with Crippen molar-refractivity contribution in [2.24, 2.45) is 7.05 Å². The van der Waals surface area contributed by atoms with Crippen molar-refractivity contribution in [1.29, 1.82) is 0 Å². The van der Waals surface area contributed by atoms with Gasteiger partial charge in [0, 0.05) is 7.05 Å². The molecule has 2 aromatic heterocycles. The number of nitrogens with zero attached hydrogens (tertiary/aromatic N) is 7. The van der Waals surface area contributed by atoms with E-state index in [-0.39, 0.29) is 5.95 Å². The fourth-order valence-electron chi connectivity index (χ4n) is 0.908. The number of tetrazole rings is 1. The summed E-state index contributed by atoms with van der Waals surface area (Å²) in [6.07, 6.45) is 1.61. The van der Waals surface area contributed by atoms with Crippen molar-refractivity contribution in [3.8, 4) is 0 Å². The second-order valence-corrected chi connectivity index (χ2v) is 2.55. The van der Waals surface area contributed by atoms with E-state index in [2.05, 4.69) is 25.7 Å². The Labute approximate surface area is 73.4 Å². The molecule has 0 aliphatic heterocycles. The zero-order chi connectivity index (χ0) is 9.26. The van der Waals surface area contributed by atoms with Gasteiger partial charge < -0.3 is 10.3 Å². The molecule has 8 heteroatoms. The van der Waals surface area contributed by atoms with E-state index < -0.39 is 0 Å². The van der Waals surface area contributed by atoms with Gasteiger partial charge in [0.2, 0.25) is 5.95 Å². The highest BCUT2D eigenvalue weighted by atomic mass is 15.6. The molecule has 8 nitrogen and oxygen atoms in total. The normalized spacial score (nSPS) is 10.5. The van der Waals surface area contributed by atoms with Gasteiger partial charge in [0.05, 0.1) is 0 Å². The molecular formula is C5H8N8. The van der Waals surface area contributed by atoms with Gasteiger partial charge in [0.25, 0.3) is 0 Å². The lowest BCUT2D eigenvalue weighted by Crippen LogP contribution is -2.10. The van der Waals surface area contributed by atoms with Gasteiger partial charge in [-0.25, -0.2) is 4.68 Å². The van der Waals surface area contributed by atoms with E-state index in [1.165, 1.54) is 4.68 Å². The predicted molar refractivity (Wildman–Crippen MR) is 42.3 cm³/mol. The fraction of sp³-hybridized carbons (Fsp3) is 0.400. The molecule has 0 atom stereocenters. The number of nitrogen functional groups attached to an aromatic ring is 1. The third kappa shape index (κ3) is 1.33. The molecule has 2 N–H and O–H groups in total. The van der Waals surface area contributed by atoms with Crippen molar-refractivity contribution < 1.29 is 0 Å². The van der Waals surface area contributed by atoms with E-state index in [9.17, 15) is 0 Å². The maximum absolute atomic E-state index is 5.48. The average Bonchev–Trinajstić information content (AvgIpc) is 2.65. The van der Waals surface area contributed by atoms with E-state index in [0.29, 0.717) is 6.54 Å². The highest BCUT2D eigenvalue weighted by Gasteiger charge is 2.05. The van der Waals surface area contributed by atoms with Crippen LogP contribution >= 0.6 is 0 Å². The van der Waals surface area contributed by atoms with Crippen LogP contribution in [0.1, 0.15) is 5.82 Å². The summed E-state index contributed by atoms with van der Waals surface area (Å²) in [5.41, 5.74) is 5.48. The summed E-state index contributed by atoms with van der Waals surface area (Å²) in [5.74, 6) is 1.02. The van der Waals surface area contributed by atoms with E-state index in [4.69, 9.17) is 5.73 Å². The van der Waals surface area contributed by atoms with Crippen LogP contribution in [0.3, 0.4) is 0 Å². The first-order valence-electron chi connectivity index (χ1n) is 3.62. The summed E-state index contributed by atoms with van der Waals surface area (Å²) in [7, 11) is 1.84. The van der Waals surface area contributed by atoms with Gasteiger partial charge in [0.1, 0.15) is 12.9 Å². The lowest BCUT2D eigenvalue weighted by atomic mass is 10.6. The second kappa shape index (κ2) is 2.81. The van der Waals surface area contributed by atoms with Crippen molar-refractivity contribution in [2.75, 3.05) is 5.73 Å². The third-order valence-electron chi connectivity index (χ3n) is 1.66. The van der Waals surface area contributed by atoms with E-state index in [0.717, 1.165) is 5.82 Å². The fourth-order valence-corrected chi connectivity index (χ4v) is 0.908. The van der Waals surface area contributed by atoms with Gasteiger partial charge in [-0.3, -0.25) is 0 Å². The number of hydrogen-bond acceptors (Lipinski definition) is 6. The summed E-state index contributed by atoms with van der Waals surface area (Å²) in [4.78, 5) is 0. The van der Waals surface area contributed by atoms with Gasteiger partial charge in [-0.1, -0.05) is 5.10 Å². The molecule has 0 saturated carbocycles. The molecule has 68 valence electrons. The molecular weight excluding hydrogens is 172 g/mol. The second-order valence-electron chi connectivity index (χ2n) is 2.55. The zero-order valence-electron chi connectivity index (χ0n) is 6.99. The van der Waals surface area contributed by atoms with Gasteiger partial charge in [-0.15, -0.1) is 10.2 Å². The topological polar surface area (TPSA) is 100 Å². The molecule has 0 saturated heterocycles. The first kappa shape index (κ1) is 7.65. The number of hydrogen-bond donors (Lipinski definition) is 1. The Balaban J connectivity index is 2.24. The highest BCUT2D eigenvalue weighted by molar-refractivity contribution is 5.11. The minimum atomic E-state index is 0.267. The summed E-state index contributed by atoms with van der Waals surface area (Å²) < 4.78 is 3.23. The Bertz CT molecular complexity index is 362. The van der Waals surface area contributed by atoms with Crippen LogP contribution in [0, 0.1) is 0 Å². The standard InChI is InChI=1S/C5H8N8/c1-12-3-7-8-4(12)2-13-5(6)9-10-11-13/h3H,2H2,1H3,(H2,6,9,11). The number of anilines is 1. The molecule has 0 aliphatic rings. The summed E-state index contributed by atoms with van der Waals surface area (Å²) in [6.45, 7) is 0.426. The average molecular weight is 180 g/mol. The van der Waals surface area contributed by atoms with Gasteiger partial charge >= 0.3 is 0 Å². The Morgan fingerprint density at radius 2 is 2.31 bits per heavy atom. The Morgan fingerprint density at radius 3 is 2.85 bits per heavy atom. The van der Waals surface area contributed by atoms with Crippen LogP contribution in [0.4, 0.5) is 5.95 Å². The van der Waals surface area contributed by atoms with Crippen LogP contribution in [0.2, 0.25) is 0 Å². The van der Waals surface area contributed by atoms with Crippen molar-refractivity contribution in [3.63, 3.8) is 0 Å². The Hall–Kier alpha value is -1.99. The first-order valence-corrected chi connectivity index (χ1v) is 3.62. The molecule has 0 radical (unpaired) electrons. The van der Waals surface area contributed by atoms with E-state index >= 15 is 0 Å². The number of aromatic nitrogens is 7. The van der Waals surface area contributed by atoms with Gasteiger partial charge in [-0.2, -0.15) is 0 Å². The zero-order valence-corrected chi connectivity index (χ0v) is 6.99. The number of rotatable bonds is 2. The smallest absolute Gasteiger partial charge is 0.240 e. The lowest BCUT2D eigenvalue weighted by Gasteiger charge is -1.99. The predicted octanol–water partition coefficient (Wildman–Crippen LogP) is -1.57. The summed E-state index contributed by atoms with van der Waals surface area (Å²) in [5, 5.41) is 18.2. The van der Waals surface area contributed by atoms with Gasteiger partial charge in [0.15, 0.2) is 5.82 Å². The van der Waals surface area contributed by atoms with Crippen LogP contribution in [0.25, 0.3) is 0 Å². The number of nitrogens with two attached hydrogens (primary N) is 1. The summed E-state index contributed by atoms with van der Waals surface area (Å²) in [6, 6.07) is 0. The van der Waals surface area contributed by atoms with Crippen molar-refractivity contribution in [1.82, 2.24) is 35.0 Å². The maximum Gasteiger partial charge on any atom is 0.240 e. The first-order chi connectivity index (χ1) is 6.27. The largest absolute Gasteiger partial charge is 0.367 e. The van der Waals surface area contributed by atoms with Crippen LogP contribution < -0.4 is 5.73 Å². The third-order valence-corrected chi connectivity index (χ3v) is 1.66. The highest BCUT2D eigenvalue weighted by Crippen LogP contribution is 1.98. The minimum Gasteiger partial charge on any atom is -0.367 e. The molecule has 0 amide bonds. The molecule has 2 heterocycles. The summed E-state index contributed by atoms with van der Waals surface area (Å²) >= 11 is 0. The van der Waals surface area contributed by atoms with Crippen molar-refractivity contribution in [3.05, 3.63) is 12.2 Å². The van der Waals surface area contributed by atoms with E-state index in [1.54, 1.807) is 10.9 Å². The molecule has 0 unspecified atom stereocenters. The molecule has 0 fully saturated rings. The molecule has 2 aromatic rings. The SMILES string of the molecule is Cn1cnnc1Cn1nnnc1N. The van der Waals surface area contributed by atoms with Crippen LogP contribution in [0.5, 0.6) is 0 Å². The number of aryl methyl sites for hydroxylation is 1. The molecule has 0 bridgehead atoms. The molecule has 0 aromatic carbocycles. The molecule has 2 rings (SSSR count). The minimum absolute atomic E-state index is 0.267.